The van der Waals surface area contributed by atoms with Crippen LogP contribution in [0.2, 0.25) is 0 Å². The molecule has 106 valence electrons. The van der Waals surface area contributed by atoms with E-state index in [1.807, 2.05) is 13.1 Å². The Morgan fingerprint density at radius 1 is 1.37 bits per heavy atom. The van der Waals surface area contributed by atoms with Crippen LogP contribution in [0.25, 0.3) is 0 Å². The van der Waals surface area contributed by atoms with E-state index in [0.29, 0.717) is 0 Å². The van der Waals surface area contributed by atoms with Crippen LogP contribution in [-0.2, 0) is 9.47 Å². The lowest BCUT2D eigenvalue weighted by Crippen LogP contribution is -2.37. The monoisotopic (exact) mass is 266 g/mol. The fourth-order valence-corrected chi connectivity index (χ4v) is 2.07. The van der Waals surface area contributed by atoms with Crippen molar-refractivity contribution in [1.82, 2.24) is 9.97 Å². The predicted molar refractivity (Wildman–Crippen MR) is 74.8 cm³/mol. The minimum atomic E-state index is 0.767. The van der Waals surface area contributed by atoms with Crippen LogP contribution in [-0.4, -0.2) is 63.6 Å². The summed E-state index contributed by atoms with van der Waals surface area (Å²) in [6.07, 6.45) is 2.62. The van der Waals surface area contributed by atoms with Crippen molar-refractivity contribution in [3.05, 3.63) is 12.4 Å². The zero-order chi connectivity index (χ0) is 13.5. The molecule has 0 aliphatic carbocycles. The van der Waals surface area contributed by atoms with Crippen LogP contribution >= 0.6 is 0 Å². The van der Waals surface area contributed by atoms with Gasteiger partial charge in [0.25, 0.3) is 0 Å². The number of aromatic nitrogens is 2. The molecule has 0 spiro atoms. The summed E-state index contributed by atoms with van der Waals surface area (Å²) in [6, 6.07) is 2.04. The number of methoxy groups -OCH3 is 1. The molecule has 1 saturated heterocycles. The standard InChI is InChI=1S/C13H22N4O2/c1-16(4-3-7-18-2)12-10-13(15-11-14-12)17-5-8-19-9-6-17/h10-11H,3-9H2,1-2H3. The Hall–Kier alpha value is -1.40. The number of hydrogen-bond donors (Lipinski definition) is 0. The highest BCUT2D eigenvalue weighted by Gasteiger charge is 2.13. The third kappa shape index (κ3) is 4.04. The minimum Gasteiger partial charge on any atom is -0.385 e. The maximum absolute atomic E-state index is 5.35. The minimum absolute atomic E-state index is 0.767. The van der Waals surface area contributed by atoms with E-state index in [0.717, 1.165) is 57.5 Å². The maximum atomic E-state index is 5.35. The van der Waals surface area contributed by atoms with Crippen molar-refractivity contribution in [3.63, 3.8) is 0 Å². The topological polar surface area (TPSA) is 50.7 Å². The number of morpholine rings is 1. The number of anilines is 2. The average molecular weight is 266 g/mol. The summed E-state index contributed by atoms with van der Waals surface area (Å²) < 4.78 is 10.4. The van der Waals surface area contributed by atoms with Gasteiger partial charge in [0.1, 0.15) is 18.0 Å². The molecular weight excluding hydrogens is 244 g/mol. The first kappa shape index (κ1) is 14.0. The summed E-state index contributed by atoms with van der Waals surface area (Å²) in [5.41, 5.74) is 0. The van der Waals surface area contributed by atoms with Gasteiger partial charge in [0, 0.05) is 46.5 Å². The molecule has 0 amide bonds. The van der Waals surface area contributed by atoms with Crippen LogP contribution in [0.3, 0.4) is 0 Å². The van der Waals surface area contributed by atoms with E-state index in [1.165, 1.54) is 0 Å². The van der Waals surface area contributed by atoms with Gasteiger partial charge in [0.2, 0.25) is 0 Å². The summed E-state index contributed by atoms with van der Waals surface area (Å²) in [5, 5.41) is 0. The first-order valence-corrected chi connectivity index (χ1v) is 6.66. The maximum Gasteiger partial charge on any atom is 0.134 e. The quantitative estimate of drug-likeness (QED) is 0.709. The largest absolute Gasteiger partial charge is 0.385 e. The SMILES string of the molecule is COCCCN(C)c1cc(N2CCOCC2)ncn1. The smallest absolute Gasteiger partial charge is 0.134 e. The Morgan fingerprint density at radius 3 is 2.89 bits per heavy atom. The molecule has 2 heterocycles. The van der Waals surface area contributed by atoms with Gasteiger partial charge in [-0.3, -0.25) is 0 Å². The van der Waals surface area contributed by atoms with Crippen LogP contribution in [0.1, 0.15) is 6.42 Å². The first-order chi connectivity index (χ1) is 9.31. The van der Waals surface area contributed by atoms with E-state index in [2.05, 4.69) is 19.8 Å². The second-order valence-electron chi connectivity index (χ2n) is 4.60. The van der Waals surface area contributed by atoms with E-state index >= 15 is 0 Å². The Morgan fingerprint density at radius 2 is 2.16 bits per heavy atom. The molecule has 2 rings (SSSR count). The molecule has 0 bridgehead atoms. The van der Waals surface area contributed by atoms with E-state index in [1.54, 1.807) is 13.4 Å². The third-order valence-electron chi connectivity index (χ3n) is 3.21. The molecular formula is C13H22N4O2. The van der Waals surface area contributed by atoms with Crippen molar-refractivity contribution < 1.29 is 9.47 Å². The molecule has 6 heteroatoms. The summed E-state index contributed by atoms with van der Waals surface area (Å²) in [6.45, 7) is 5.01. The zero-order valence-corrected chi connectivity index (χ0v) is 11.7. The second kappa shape index (κ2) is 7.25. The van der Waals surface area contributed by atoms with Crippen LogP contribution in [0, 0.1) is 0 Å². The summed E-state index contributed by atoms with van der Waals surface area (Å²) in [4.78, 5) is 13.0. The van der Waals surface area contributed by atoms with E-state index < -0.39 is 0 Å². The van der Waals surface area contributed by atoms with Crippen LogP contribution in [0.15, 0.2) is 12.4 Å². The van der Waals surface area contributed by atoms with Crippen molar-refractivity contribution >= 4 is 11.6 Å². The fourth-order valence-electron chi connectivity index (χ4n) is 2.07. The second-order valence-corrected chi connectivity index (χ2v) is 4.60. The third-order valence-corrected chi connectivity index (χ3v) is 3.21. The predicted octanol–water partition coefficient (Wildman–Crippen LogP) is 0.786. The molecule has 1 fully saturated rings. The van der Waals surface area contributed by atoms with Gasteiger partial charge >= 0.3 is 0 Å². The first-order valence-electron chi connectivity index (χ1n) is 6.66. The summed E-state index contributed by atoms with van der Waals surface area (Å²) >= 11 is 0. The Kier molecular flexibility index (Phi) is 5.35. The molecule has 6 nitrogen and oxygen atoms in total. The lowest BCUT2D eigenvalue weighted by molar-refractivity contribution is 0.122. The fraction of sp³-hybridized carbons (Fsp3) is 0.692. The van der Waals surface area contributed by atoms with E-state index in [9.17, 15) is 0 Å². The molecule has 0 radical (unpaired) electrons. The van der Waals surface area contributed by atoms with Gasteiger partial charge in [-0.25, -0.2) is 9.97 Å². The summed E-state index contributed by atoms with van der Waals surface area (Å²) in [5.74, 6) is 1.93. The van der Waals surface area contributed by atoms with Crippen molar-refractivity contribution in [2.45, 2.75) is 6.42 Å². The number of rotatable bonds is 6. The molecule has 0 saturated carbocycles. The summed E-state index contributed by atoms with van der Waals surface area (Å²) in [7, 11) is 3.77. The molecule has 1 aliphatic heterocycles. The number of nitrogens with zero attached hydrogens (tertiary/aromatic N) is 4. The Bertz CT molecular complexity index is 383. The Labute approximate surface area is 114 Å². The van der Waals surface area contributed by atoms with Gasteiger partial charge < -0.3 is 19.3 Å². The van der Waals surface area contributed by atoms with Gasteiger partial charge in [0.15, 0.2) is 0 Å². The zero-order valence-electron chi connectivity index (χ0n) is 11.7. The molecule has 0 aromatic carbocycles. The van der Waals surface area contributed by atoms with E-state index in [4.69, 9.17) is 9.47 Å². The molecule has 19 heavy (non-hydrogen) atoms. The van der Waals surface area contributed by atoms with Gasteiger partial charge in [0.05, 0.1) is 13.2 Å². The van der Waals surface area contributed by atoms with Gasteiger partial charge in [-0.15, -0.1) is 0 Å². The van der Waals surface area contributed by atoms with Crippen molar-refractivity contribution in [1.29, 1.82) is 0 Å². The average Bonchev–Trinajstić information content (AvgIpc) is 2.48. The lowest BCUT2D eigenvalue weighted by atomic mass is 10.3. The molecule has 1 aromatic heterocycles. The lowest BCUT2D eigenvalue weighted by Gasteiger charge is -2.28. The van der Waals surface area contributed by atoms with E-state index in [-0.39, 0.29) is 0 Å². The molecule has 0 atom stereocenters. The van der Waals surface area contributed by atoms with Crippen LogP contribution < -0.4 is 9.80 Å². The van der Waals surface area contributed by atoms with Crippen molar-refractivity contribution in [2.24, 2.45) is 0 Å². The van der Waals surface area contributed by atoms with Gasteiger partial charge in [-0.2, -0.15) is 0 Å². The number of hydrogen-bond acceptors (Lipinski definition) is 6. The van der Waals surface area contributed by atoms with Crippen LogP contribution in [0.4, 0.5) is 11.6 Å². The van der Waals surface area contributed by atoms with Crippen molar-refractivity contribution in [3.8, 4) is 0 Å². The molecule has 0 unspecified atom stereocenters. The molecule has 1 aliphatic rings. The molecule has 1 aromatic rings. The molecule has 0 N–H and O–H groups in total. The Balaban J connectivity index is 1.97. The highest BCUT2D eigenvalue weighted by Crippen LogP contribution is 2.17. The normalized spacial score (nSPS) is 15.6. The number of ether oxygens (including phenoxy) is 2. The van der Waals surface area contributed by atoms with Gasteiger partial charge in [-0.05, 0) is 6.42 Å². The van der Waals surface area contributed by atoms with Crippen LogP contribution in [0.5, 0.6) is 0 Å². The van der Waals surface area contributed by atoms with Gasteiger partial charge in [-0.1, -0.05) is 0 Å². The van der Waals surface area contributed by atoms with Crippen molar-refractivity contribution in [2.75, 3.05) is 63.4 Å². The highest BCUT2D eigenvalue weighted by molar-refractivity contribution is 5.49. The highest BCUT2D eigenvalue weighted by atomic mass is 16.5.